The Morgan fingerprint density at radius 3 is 3.06 bits per heavy atom. The minimum absolute atomic E-state index is 0.0333. The molecule has 1 aliphatic heterocycles. The van der Waals surface area contributed by atoms with Crippen molar-refractivity contribution >= 4 is 55.1 Å². The lowest BCUT2D eigenvalue weighted by Crippen LogP contribution is -2.22. The highest BCUT2D eigenvalue weighted by Crippen LogP contribution is 2.44. The number of thiophene rings is 2. The molecule has 0 radical (unpaired) electrons. The molecule has 6 nitrogen and oxygen atoms in total. The van der Waals surface area contributed by atoms with Crippen molar-refractivity contribution in [1.29, 1.82) is 0 Å². The van der Waals surface area contributed by atoms with Crippen LogP contribution in [0.4, 0.5) is 5.00 Å². The molecule has 4 aromatic rings. The Morgan fingerprint density at radius 2 is 2.23 bits per heavy atom. The third kappa shape index (κ3) is 4.42. The Hall–Kier alpha value is -2.17. The highest BCUT2D eigenvalue weighted by molar-refractivity contribution is 7.22. The van der Waals surface area contributed by atoms with Crippen molar-refractivity contribution in [3.8, 4) is 10.6 Å². The Labute approximate surface area is 192 Å². The van der Waals surface area contributed by atoms with Gasteiger partial charge in [0.25, 0.3) is 0 Å². The summed E-state index contributed by atoms with van der Waals surface area (Å²) in [5.74, 6) is 0.0333. The van der Waals surface area contributed by atoms with Crippen LogP contribution in [0.15, 0.2) is 29.9 Å². The van der Waals surface area contributed by atoms with Crippen LogP contribution in [0.1, 0.15) is 27.3 Å². The van der Waals surface area contributed by atoms with Gasteiger partial charge in [-0.15, -0.1) is 34.0 Å². The first kappa shape index (κ1) is 20.7. The van der Waals surface area contributed by atoms with Gasteiger partial charge in [0.05, 0.1) is 10.9 Å². The van der Waals surface area contributed by atoms with E-state index in [1.54, 1.807) is 46.4 Å². The molecule has 0 unspecified atom stereocenters. The van der Waals surface area contributed by atoms with Gasteiger partial charge in [-0.05, 0) is 48.5 Å². The molecule has 31 heavy (non-hydrogen) atoms. The van der Waals surface area contributed by atoms with Crippen LogP contribution >= 0.6 is 34.0 Å². The molecular formula is C22H23N5OS3. The van der Waals surface area contributed by atoms with Crippen molar-refractivity contribution in [1.82, 2.24) is 20.6 Å². The summed E-state index contributed by atoms with van der Waals surface area (Å²) < 4.78 is 1.12. The number of fused-ring (bicyclic) bond motifs is 2. The van der Waals surface area contributed by atoms with Crippen LogP contribution in [-0.2, 0) is 24.3 Å². The predicted molar refractivity (Wildman–Crippen MR) is 130 cm³/mol. The fraction of sp³-hybridized carbons (Fsp3) is 0.318. The second-order valence-corrected chi connectivity index (χ2v) is 10.6. The summed E-state index contributed by atoms with van der Waals surface area (Å²) in [6.45, 7) is 5.37. The van der Waals surface area contributed by atoms with E-state index in [1.165, 1.54) is 20.9 Å². The van der Waals surface area contributed by atoms with Gasteiger partial charge in [0.1, 0.15) is 15.5 Å². The maximum Gasteiger partial charge on any atom is 0.226 e. The molecule has 0 spiro atoms. The van der Waals surface area contributed by atoms with Gasteiger partial charge in [0.15, 0.2) is 0 Å². The van der Waals surface area contributed by atoms with Crippen molar-refractivity contribution in [2.75, 3.05) is 18.4 Å². The van der Waals surface area contributed by atoms with Crippen LogP contribution < -0.4 is 16.0 Å². The number of carbonyl (C=O) groups excluding carboxylic acids is 1. The van der Waals surface area contributed by atoms with Crippen LogP contribution in [0.2, 0.25) is 0 Å². The van der Waals surface area contributed by atoms with E-state index < -0.39 is 0 Å². The average Bonchev–Trinajstić information content (AvgIpc) is 3.47. The number of nitrogens with one attached hydrogen (secondary N) is 3. The highest BCUT2D eigenvalue weighted by atomic mass is 32.1. The van der Waals surface area contributed by atoms with E-state index in [4.69, 9.17) is 4.98 Å². The number of pyridine rings is 1. The fourth-order valence-corrected chi connectivity index (χ4v) is 6.90. The first-order valence-electron chi connectivity index (χ1n) is 10.3. The third-order valence-electron chi connectivity index (χ3n) is 5.37. The SMILES string of the molecule is Cc1ccsc1CNCCC(=O)Nc1sc2c(c1-c1nc3cnccc3s1)CCNC2. The zero-order chi connectivity index (χ0) is 21.2. The Bertz CT molecular complexity index is 1190. The molecule has 9 heteroatoms. The van der Waals surface area contributed by atoms with Gasteiger partial charge in [-0.25, -0.2) is 4.98 Å². The van der Waals surface area contributed by atoms with Crippen LogP contribution in [0.5, 0.6) is 0 Å². The Balaban J connectivity index is 1.32. The molecule has 0 saturated heterocycles. The van der Waals surface area contributed by atoms with E-state index in [1.807, 2.05) is 6.07 Å². The number of aryl methyl sites for hydroxylation is 1. The van der Waals surface area contributed by atoms with Gasteiger partial charge in [-0.2, -0.15) is 0 Å². The number of anilines is 1. The predicted octanol–water partition coefficient (Wildman–Crippen LogP) is 4.55. The summed E-state index contributed by atoms with van der Waals surface area (Å²) in [7, 11) is 0. The molecule has 0 atom stereocenters. The monoisotopic (exact) mass is 469 g/mol. The Morgan fingerprint density at radius 1 is 1.29 bits per heavy atom. The van der Waals surface area contributed by atoms with E-state index >= 15 is 0 Å². The smallest absolute Gasteiger partial charge is 0.226 e. The molecule has 5 rings (SSSR count). The summed E-state index contributed by atoms with van der Waals surface area (Å²) in [4.78, 5) is 24.4. The molecule has 3 N–H and O–H groups in total. The topological polar surface area (TPSA) is 78.9 Å². The van der Waals surface area contributed by atoms with E-state index in [2.05, 4.69) is 39.3 Å². The second kappa shape index (κ2) is 9.13. The first-order chi connectivity index (χ1) is 15.2. The van der Waals surface area contributed by atoms with E-state index in [0.717, 1.165) is 51.8 Å². The third-order valence-corrected chi connectivity index (χ3v) is 8.59. The van der Waals surface area contributed by atoms with Gasteiger partial charge in [0.2, 0.25) is 5.91 Å². The number of amides is 1. The summed E-state index contributed by atoms with van der Waals surface area (Å²) in [5, 5.41) is 14.0. The van der Waals surface area contributed by atoms with Crippen LogP contribution in [0, 0.1) is 6.92 Å². The number of hydrogen-bond acceptors (Lipinski definition) is 8. The second-order valence-electron chi connectivity index (χ2n) is 7.50. The van der Waals surface area contributed by atoms with Crippen molar-refractivity contribution in [3.63, 3.8) is 0 Å². The molecule has 0 aromatic carbocycles. The van der Waals surface area contributed by atoms with Crippen molar-refractivity contribution < 1.29 is 4.79 Å². The van der Waals surface area contributed by atoms with Gasteiger partial charge >= 0.3 is 0 Å². The van der Waals surface area contributed by atoms with Crippen LogP contribution in [0.3, 0.4) is 0 Å². The number of nitrogens with zero attached hydrogens (tertiary/aromatic N) is 2. The molecular weight excluding hydrogens is 446 g/mol. The molecule has 5 heterocycles. The molecule has 1 aliphatic rings. The molecule has 4 aromatic heterocycles. The van der Waals surface area contributed by atoms with Gasteiger partial charge in [-0.3, -0.25) is 9.78 Å². The largest absolute Gasteiger partial charge is 0.317 e. The van der Waals surface area contributed by atoms with Crippen molar-refractivity contribution in [2.24, 2.45) is 0 Å². The normalized spacial score (nSPS) is 13.5. The van der Waals surface area contributed by atoms with Crippen LogP contribution in [-0.4, -0.2) is 29.0 Å². The van der Waals surface area contributed by atoms with Crippen molar-refractivity contribution in [2.45, 2.75) is 32.9 Å². The number of rotatable bonds is 7. The summed E-state index contributed by atoms with van der Waals surface area (Å²) in [6, 6.07) is 4.12. The first-order valence-corrected chi connectivity index (χ1v) is 12.8. The highest BCUT2D eigenvalue weighted by Gasteiger charge is 2.25. The van der Waals surface area contributed by atoms with E-state index in [9.17, 15) is 4.79 Å². The Kier molecular flexibility index (Phi) is 6.10. The lowest BCUT2D eigenvalue weighted by Gasteiger charge is -2.13. The maximum atomic E-state index is 12.7. The number of thiazole rings is 1. The molecule has 0 fully saturated rings. The maximum absolute atomic E-state index is 12.7. The molecule has 0 bridgehead atoms. The molecule has 0 aliphatic carbocycles. The van der Waals surface area contributed by atoms with Crippen molar-refractivity contribution in [3.05, 3.63) is 50.8 Å². The lowest BCUT2D eigenvalue weighted by molar-refractivity contribution is -0.116. The fourth-order valence-electron chi connectivity index (χ4n) is 3.71. The molecule has 0 saturated carbocycles. The van der Waals surface area contributed by atoms with Gasteiger partial charge < -0.3 is 16.0 Å². The standard InChI is InChI=1S/C22H23N5OS3/c1-13-5-9-29-17(13)11-25-8-4-19(28)27-22-20(14-2-6-24-12-18(14)31-22)21-26-15-10-23-7-3-16(15)30-21/h3,5,7,9-10,24-25H,2,4,6,8,11-12H2,1H3,(H,27,28). The van der Waals surface area contributed by atoms with E-state index in [-0.39, 0.29) is 5.91 Å². The zero-order valence-corrected chi connectivity index (χ0v) is 19.6. The minimum atomic E-state index is 0.0333. The summed E-state index contributed by atoms with van der Waals surface area (Å²) >= 11 is 5.08. The lowest BCUT2D eigenvalue weighted by atomic mass is 10.0. The van der Waals surface area contributed by atoms with Crippen LogP contribution in [0.25, 0.3) is 20.8 Å². The summed E-state index contributed by atoms with van der Waals surface area (Å²) in [5.41, 5.74) is 4.62. The number of carbonyl (C=O) groups is 1. The number of aromatic nitrogens is 2. The van der Waals surface area contributed by atoms with E-state index in [0.29, 0.717) is 13.0 Å². The quantitative estimate of drug-likeness (QED) is 0.346. The molecule has 1 amide bonds. The summed E-state index contributed by atoms with van der Waals surface area (Å²) in [6.07, 6.45) is 4.99. The zero-order valence-electron chi connectivity index (χ0n) is 17.2. The minimum Gasteiger partial charge on any atom is -0.317 e. The van der Waals surface area contributed by atoms with Gasteiger partial charge in [0, 0.05) is 47.6 Å². The average molecular weight is 470 g/mol. The molecule has 160 valence electrons. The number of hydrogen-bond donors (Lipinski definition) is 3. The van der Waals surface area contributed by atoms with Gasteiger partial charge in [-0.1, -0.05) is 0 Å².